The molecule has 0 spiro atoms. The quantitative estimate of drug-likeness (QED) is 0.847. The Balaban J connectivity index is 2.27. The van der Waals surface area contributed by atoms with Gasteiger partial charge in [-0.2, -0.15) is 0 Å². The largest absolute Gasteiger partial charge is 0.321 e. The molecule has 0 saturated heterocycles. The number of benzene rings is 2. The van der Waals surface area contributed by atoms with Gasteiger partial charge in [-0.1, -0.05) is 54.4 Å². The topological polar surface area (TPSA) is 26.0 Å². The molecule has 2 aromatic carbocycles. The molecule has 3 heteroatoms. The highest BCUT2D eigenvalue weighted by Gasteiger charge is 2.23. The van der Waals surface area contributed by atoms with Crippen LogP contribution in [0.2, 0.25) is 10.0 Å². The van der Waals surface area contributed by atoms with Gasteiger partial charge >= 0.3 is 0 Å². The molecule has 0 aliphatic carbocycles. The van der Waals surface area contributed by atoms with E-state index in [0.717, 1.165) is 17.5 Å². The molecular weight excluding hydrogens is 289 g/mol. The van der Waals surface area contributed by atoms with Crippen molar-refractivity contribution in [3.63, 3.8) is 0 Å². The summed E-state index contributed by atoms with van der Waals surface area (Å²) in [4.78, 5) is 0. The molecule has 0 aromatic heterocycles. The van der Waals surface area contributed by atoms with Gasteiger partial charge in [0.15, 0.2) is 0 Å². The smallest absolute Gasteiger partial charge is 0.0439 e. The Morgan fingerprint density at radius 1 is 1.05 bits per heavy atom. The molecule has 1 unspecified atom stereocenters. The second-order valence-electron chi connectivity index (χ2n) is 5.38. The van der Waals surface area contributed by atoms with Crippen LogP contribution < -0.4 is 5.73 Å². The van der Waals surface area contributed by atoms with Crippen molar-refractivity contribution >= 4 is 23.2 Å². The zero-order chi connectivity index (χ0) is 14.8. The summed E-state index contributed by atoms with van der Waals surface area (Å²) in [5, 5.41) is 1.39. The predicted molar refractivity (Wildman–Crippen MR) is 87.5 cm³/mol. The van der Waals surface area contributed by atoms with E-state index in [4.69, 9.17) is 28.9 Å². The lowest BCUT2D eigenvalue weighted by atomic mass is 9.86. The van der Waals surface area contributed by atoms with E-state index in [1.807, 2.05) is 19.1 Å². The van der Waals surface area contributed by atoms with Gasteiger partial charge < -0.3 is 5.73 Å². The number of halogens is 2. The van der Waals surface area contributed by atoms with Gasteiger partial charge in [0.25, 0.3) is 0 Å². The molecule has 0 bridgehead atoms. The molecule has 0 amide bonds. The van der Waals surface area contributed by atoms with E-state index in [2.05, 4.69) is 31.2 Å². The first kappa shape index (κ1) is 15.4. The zero-order valence-electron chi connectivity index (χ0n) is 11.8. The molecule has 0 radical (unpaired) electrons. The Labute approximate surface area is 130 Å². The number of nitrogens with two attached hydrogens (primary N) is 1. The predicted octanol–water partition coefficient (Wildman–Crippen LogP) is 4.97. The van der Waals surface area contributed by atoms with Crippen LogP contribution >= 0.6 is 23.2 Å². The normalized spacial score (nSPS) is 14.1. The minimum absolute atomic E-state index is 0.472. The maximum atomic E-state index is 6.48. The lowest BCUT2D eigenvalue weighted by Crippen LogP contribution is -2.35. The summed E-state index contributed by atoms with van der Waals surface area (Å²) in [5.41, 5.74) is 9.40. The molecule has 20 heavy (non-hydrogen) atoms. The first-order chi connectivity index (χ1) is 9.42. The third-order valence-electron chi connectivity index (χ3n) is 3.59. The van der Waals surface area contributed by atoms with Gasteiger partial charge in [0.2, 0.25) is 0 Å². The summed E-state index contributed by atoms with van der Waals surface area (Å²) >= 11 is 12.3. The van der Waals surface area contributed by atoms with Crippen molar-refractivity contribution in [1.29, 1.82) is 0 Å². The van der Waals surface area contributed by atoms with Crippen molar-refractivity contribution < 1.29 is 0 Å². The summed E-state index contributed by atoms with van der Waals surface area (Å²) in [5.74, 6) is 0. The van der Waals surface area contributed by atoms with E-state index in [-0.39, 0.29) is 0 Å². The third kappa shape index (κ3) is 3.54. The molecule has 1 atom stereocenters. The lowest BCUT2D eigenvalue weighted by molar-refractivity contribution is 0.491. The van der Waals surface area contributed by atoms with Crippen molar-refractivity contribution in [3.05, 3.63) is 69.2 Å². The Kier molecular flexibility index (Phi) is 4.74. The molecule has 0 saturated carbocycles. The minimum Gasteiger partial charge on any atom is -0.321 e. The molecule has 1 nitrogen and oxygen atoms in total. The Morgan fingerprint density at radius 2 is 1.70 bits per heavy atom. The van der Waals surface area contributed by atoms with Gasteiger partial charge in [-0.25, -0.2) is 0 Å². The molecule has 2 N–H and O–H groups in total. The Bertz CT molecular complexity index is 588. The highest BCUT2D eigenvalue weighted by molar-refractivity contribution is 6.33. The first-order valence-corrected chi connectivity index (χ1v) is 7.50. The fourth-order valence-electron chi connectivity index (χ4n) is 2.30. The van der Waals surface area contributed by atoms with Crippen LogP contribution in [0.1, 0.15) is 30.5 Å². The van der Waals surface area contributed by atoms with Crippen molar-refractivity contribution in [2.45, 2.75) is 32.2 Å². The molecule has 0 aliphatic heterocycles. The zero-order valence-corrected chi connectivity index (χ0v) is 13.3. The van der Waals surface area contributed by atoms with Crippen LogP contribution in [0.15, 0.2) is 42.5 Å². The molecule has 0 aliphatic rings. The average molecular weight is 308 g/mol. The van der Waals surface area contributed by atoms with Crippen molar-refractivity contribution in [2.75, 3.05) is 0 Å². The lowest BCUT2D eigenvalue weighted by Gasteiger charge is -2.26. The van der Waals surface area contributed by atoms with Crippen molar-refractivity contribution in [2.24, 2.45) is 5.73 Å². The van der Waals surface area contributed by atoms with Gasteiger partial charge in [-0.15, -0.1) is 0 Å². The monoisotopic (exact) mass is 307 g/mol. The van der Waals surface area contributed by atoms with Crippen LogP contribution in [-0.2, 0) is 18.4 Å². The molecule has 0 heterocycles. The summed E-state index contributed by atoms with van der Waals surface area (Å²) < 4.78 is 0. The van der Waals surface area contributed by atoms with Gasteiger partial charge in [0.1, 0.15) is 0 Å². The van der Waals surface area contributed by atoms with E-state index in [1.165, 1.54) is 5.56 Å². The van der Waals surface area contributed by atoms with Gasteiger partial charge in [-0.3, -0.25) is 0 Å². The standard InChI is InChI=1S/C17H19Cl2N/c1-3-12-4-6-14(7-5-12)17(2,20)11-13-10-15(18)8-9-16(13)19/h4-10H,3,11,20H2,1-2H3. The van der Waals surface area contributed by atoms with Crippen LogP contribution in [-0.4, -0.2) is 0 Å². The van der Waals surface area contributed by atoms with Crippen molar-refractivity contribution in [1.82, 2.24) is 0 Å². The van der Waals surface area contributed by atoms with E-state index < -0.39 is 5.54 Å². The summed E-state index contributed by atoms with van der Waals surface area (Å²) in [6.45, 7) is 4.16. The number of aryl methyl sites for hydroxylation is 1. The van der Waals surface area contributed by atoms with Crippen LogP contribution in [0.25, 0.3) is 0 Å². The molecular formula is C17H19Cl2N. The summed E-state index contributed by atoms with van der Waals surface area (Å²) in [6.07, 6.45) is 1.68. The SMILES string of the molecule is CCc1ccc(C(C)(N)Cc2cc(Cl)ccc2Cl)cc1. The third-order valence-corrected chi connectivity index (χ3v) is 4.19. The van der Waals surface area contributed by atoms with Crippen LogP contribution in [0.4, 0.5) is 0 Å². The highest BCUT2D eigenvalue weighted by atomic mass is 35.5. The Morgan fingerprint density at radius 3 is 2.30 bits per heavy atom. The molecule has 106 valence electrons. The Hall–Kier alpha value is -1.02. The highest BCUT2D eigenvalue weighted by Crippen LogP contribution is 2.28. The van der Waals surface area contributed by atoms with Crippen LogP contribution in [0, 0.1) is 0 Å². The van der Waals surface area contributed by atoms with Crippen molar-refractivity contribution in [3.8, 4) is 0 Å². The minimum atomic E-state index is -0.472. The van der Waals surface area contributed by atoms with E-state index in [0.29, 0.717) is 16.5 Å². The van der Waals surface area contributed by atoms with Crippen LogP contribution in [0.3, 0.4) is 0 Å². The summed E-state index contributed by atoms with van der Waals surface area (Å²) in [6, 6.07) is 13.9. The summed E-state index contributed by atoms with van der Waals surface area (Å²) in [7, 11) is 0. The fourth-order valence-corrected chi connectivity index (χ4v) is 2.68. The maximum Gasteiger partial charge on any atom is 0.0439 e. The second-order valence-corrected chi connectivity index (χ2v) is 6.22. The van der Waals surface area contributed by atoms with E-state index >= 15 is 0 Å². The molecule has 0 fully saturated rings. The van der Waals surface area contributed by atoms with E-state index in [9.17, 15) is 0 Å². The van der Waals surface area contributed by atoms with Crippen LogP contribution in [0.5, 0.6) is 0 Å². The van der Waals surface area contributed by atoms with E-state index in [1.54, 1.807) is 6.07 Å². The number of hydrogen-bond acceptors (Lipinski definition) is 1. The van der Waals surface area contributed by atoms with Gasteiger partial charge in [0.05, 0.1) is 0 Å². The molecule has 2 aromatic rings. The maximum absolute atomic E-state index is 6.48. The molecule has 2 rings (SSSR count). The fraction of sp³-hybridized carbons (Fsp3) is 0.294. The van der Waals surface area contributed by atoms with Gasteiger partial charge in [0, 0.05) is 15.6 Å². The number of rotatable bonds is 4. The van der Waals surface area contributed by atoms with Gasteiger partial charge in [-0.05, 0) is 54.7 Å². The number of hydrogen-bond donors (Lipinski definition) is 1. The first-order valence-electron chi connectivity index (χ1n) is 6.74. The average Bonchev–Trinajstić information content (AvgIpc) is 2.43. The second kappa shape index (κ2) is 6.17.